The van der Waals surface area contributed by atoms with Crippen molar-refractivity contribution in [3.63, 3.8) is 0 Å². The Bertz CT molecular complexity index is 366. The van der Waals surface area contributed by atoms with Crippen molar-refractivity contribution >= 4 is 23.3 Å². The molecule has 4 heteroatoms. The van der Waals surface area contributed by atoms with Gasteiger partial charge in [0.05, 0.1) is 6.42 Å². The molecule has 0 fully saturated rings. The van der Waals surface area contributed by atoms with Gasteiger partial charge in [-0.25, -0.2) is 0 Å². The van der Waals surface area contributed by atoms with E-state index in [1.807, 2.05) is 26.0 Å². The first kappa shape index (κ1) is 11.9. The van der Waals surface area contributed by atoms with Crippen LogP contribution in [0.5, 0.6) is 0 Å². The van der Waals surface area contributed by atoms with Gasteiger partial charge < -0.3 is 10.4 Å². The summed E-state index contributed by atoms with van der Waals surface area (Å²) in [6.07, 6.45) is 0.0993. The summed E-state index contributed by atoms with van der Waals surface area (Å²) in [5.74, 6) is -0.804. The first-order valence-electron chi connectivity index (χ1n) is 4.73. The van der Waals surface area contributed by atoms with Crippen LogP contribution in [-0.2, 0) is 4.79 Å². The maximum atomic E-state index is 10.5. The maximum absolute atomic E-state index is 10.5. The fourth-order valence-electron chi connectivity index (χ4n) is 1.37. The molecule has 3 nitrogen and oxygen atoms in total. The van der Waals surface area contributed by atoms with Crippen LogP contribution in [0.2, 0.25) is 5.02 Å². The lowest BCUT2D eigenvalue weighted by molar-refractivity contribution is -0.137. The number of hydrogen-bond acceptors (Lipinski definition) is 2. The standard InChI is InChI=1S/C11H14ClNO2/c1-7-5-9(12)3-4-10(7)13-8(2)6-11(14)15/h3-5,8,13H,6H2,1-2H3,(H,14,15). The van der Waals surface area contributed by atoms with Gasteiger partial charge in [-0.05, 0) is 37.6 Å². The minimum atomic E-state index is -0.804. The number of carboxylic acid groups (broad SMARTS) is 1. The van der Waals surface area contributed by atoms with Gasteiger partial charge in [0.1, 0.15) is 0 Å². The van der Waals surface area contributed by atoms with Crippen LogP contribution in [-0.4, -0.2) is 17.1 Å². The Hall–Kier alpha value is -1.22. The molecule has 0 radical (unpaired) electrons. The van der Waals surface area contributed by atoms with Gasteiger partial charge >= 0.3 is 5.97 Å². The Morgan fingerprint density at radius 1 is 1.60 bits per heavy atom. The SMILES string of the molecule is Cc1cc(Cl)ccc1NC(C)CC(=O)O. The van der Waals surface area contributed by atoms with E-state index in [9.17, 15) is 4.79 Å². The van der Waals surface area contributed by atoms with Gasteiger partial charge in [-0.1, -0.05) is 11.6 Å². The second-order valence-electron chi connectivity index (χ2n) is 3.60. The minimum Gasteiger partial charge on any atom is -0.481 e. The molecule has 0 aromatic heterocycles. The summed E-state index contributed by atoms with van der Waals surface area (Å²) in [4.78, 5) is 10.5. The van der Waals surface area contributed by atoms with Crippen LogP contribution in [0.3, 0.4) is 0 Å². The van der Waals surface area contributed by atoms with Crippen LogP contribution in [0.1, 0.15) is 18.9 Å². The maximum Gasteiger partial charge on any atom is 0.305 e. The van der Waals surface area contributed by atoms with Crippen LogP contribution in [0.25, 0.3) is 0 Å². The predicted octanol–water partition coefficient (Wildman–Crippen LogP) is 2.92. The van der Waals surface area contributed by atoms with E-state index in [0.717, 1.165) is 11.3 Å². The number of carboxylic acids is 1. The topological polar surface area (TPSA) is 49.3 Å². The molecule has 0 saturated heterocycles. The number of rotatable bonds is 4. The fourth-order valence-corrected chi connectivity index (χ4v) is 1.59. The summed E-state index contributed by atoms with van der Waals surface area (Å²) in [5, 5.41) is 12.4. The number of aryl methyl sites for hydroxylation is 1. The van der Waals surface area contributed by atoms with E-state index in [1.165, 1.54) is 0 Å². The molecule has 1 atom stereocenters. The molecule has 0 aliphatic carbocycles. The number of carbonyl (C=O) groups is 1. The number of nitrogens with one attached hydrogen (secondary N) is 1. The Kier molecular flexibility index (Phi) is 3.97. The highest BCUT2D eigenvalue weighted by atomic mass is 35.5. The monoisotopic (exact) mass is 227 g/mol. The van der Waals surface area contributed by atoms with Gasteiger partial charge in [0, 0.05) is 16.8 Å². The molecule has 1 aromatic rings. The van der Waals surface area contributed by atoms with Crippen molar-refractivity contribution in [1.29, 1.82) is 0 Å². The number of benzene rings is 1. The van der Waals surface area contributed by atoms with E-state index in [1.54, 1.807) is 6.07 Å². The molecule has 1 unspecified atom stereocenters. The first-order valence-corrected chi connectivity index (χ1v) is 5.11. The summed E-state index contributed by atoms with van der Waals surface area (Å²) < 4.78 is 0. The highest BCUT2D eigenvalue weighted by Crippen LogP contribution is 2.20. The van der Waals surface area contributed by atoms with E-state index in [0.29, 0.717) is 5.02 Å². The molecule has 82 valence electrons. The number of anilines is 1. The smallest absolute Gasteiger partial charge is 0.305 e. The van der Waals surface area contributed by atoms with Crippen LogP contribution in [0.15, 0.2) is 18.2 Å². The first-order chi connectivity index (χ1) is 6.99. The van der Waals surface area contributed by atoms with E-state index in [4.69, 9.17) is 16.7 Å². The molecule has 0 bridgehead atoms. The van der Waals surface area contributed by atoms with Gasteiger partial charge in [-0.2, -0.15) is 0 Å². The zero-order valence-electron chi connectivity index (χ0n) is 8.75. The molecular weight excluding hydrogens is 214 g/mol. The average Bonchev–Trinajstić information content (AvgIpc) is 2.08. The van der Waals surface area contributed by atoms with Gasteiger partial charge in [0.2, 0.25) is 0 Å². The van der Waals surface area contributed by atoms with Gasteiger partial charge in [-0.15, -0.1) is 0 Å². The van der Waals surface area contributed by atoms with E-state index in [-0.39, 0.29) is 12.5 Å². The molecule has 0 aliphatic rings. The lowest BCUT2D eigenvalue weighted by Gasteiger charge is -2.15. The summed E-state index contributed by atoms with van der Waals surface area (Å²) in [6.45, 7) is 3.77. The summed E-state index contributed by atoms with van der Waals surface area (Å²) in [7, 11) is 0. The second kappa shape index (κ2) is 5.03. The third kappa shape index (κ3) is 3.80. The number of aliphatic carboxylic acids is 1. The van der Waals surface area contributed by atoms with Crippen molar-refractivity contribution in [3.05, 3.63) is 28.8 Å². The quantitative estimate of drug-likeness (QED) is 0.832. The van der Waals surface area contributed by atoms with Crippen molar-refractivity contribution < 1.29 is 9.90 Å². The molecule has 0 aliphatic heterocycles. The lowest BCUT2D eigenvalue weighted by atomic mass is 10.1. The third-order valence-corrected chi connectivity index (χ3v) is 2.31. The fraction of sp³-hybridized carbons (Fsp3) is 0.364. The molecule has 0 spiro atoms. The van der Waals surface area contributed by atoms with Gasteiger partial charge in [0.15, 0.2) is 0 Å². The molecule has 0 amide bonds. The van der Waals surface area contributed by atoms with Crippen LogP contribution in [0.4, 0.5) is 5.69 Å². The predicted molar refractivity (Wildman–Crippen MR) is 61.5 cm³/mol. The largest absolute Gasteiger partial charge is 0.481 e. The zero-order chi connectivity index (χ0) is 11.4. The normalized spacial score (nSPS) is 12.2. The highest BCUT2D eigenvalue weighted by molar-refractivity contribution is 6.30. The highest BCUT2D eigenvalue weighted by Gasteiger charge is 2.08. The number of hydrogen-bond donors (Lipinski definition) is 2. The molecule has 1 aromatic carbocycles. The van der Waals surface area contributed by atoms with E-state index in [2.05, 4.69) is 5.32 Å². The molecular formula is C11H14ClNO2. The van der Waals surface area contributed by atoms with E-state index < -0.39 is 5.97 Å². The van der Waals surface area contributed by atoms with Crippen molar-refractivity contribution in [2.75, 3.05) is 5.32 Å². The molecule has 2 N–H and O–H groups in total. The summed E-state index contributed by atoms with van der Waals surface area (Å²) >= 11 is 5.82. The third-order valence-electron chi connectivity index (χ3n) is 2.07. The Labute approximate surface area is 94.1 Å². The molecule has 1 rings (SSSR count). The van der Waals surface area contributed by atoms with Crippen LogP contribution < -0.4 is 5.32 Å². The average molecular weight is 228 g/mol. The Morgan fingerprint density at radius 2 is 2.27 bits per heavy atom. The zero-order valence-corrected chi connectivity index (χ0v) is 9.51. The second-order valence-corrected chi connectivity index (χ2v) is 4.04. The lowest BCUT2D eigenvalue weighted by Crippen LogP contribution is -2.19. The van der Waals surface area contributed by atoms with Crippen molar-refractivity contribution in [1.82, 2.24) is 0 Å². The number of halogens is 1. The molecule has 15 heavy (non-hydrogen) atoms. The summed E-state index contributed by atoms with van der Waals surface area (Å²) in [5.41, 5.74) is 1.94. The minimum absolute atomic E-state index is 0.0950. The van der Waals surface area contributed by atoms with Crippen molar-refractivity contribution in [3.8, 4) is 0 Å². The van der Waals surface area contributed by atoms with Crippen molar-refractivity contribution in [2.24, 2.45) is 0 Å². The van der Waals surface area contributed by atoms with Gasteiger partial charge in [-0.3, -0.25) is 4.79 Å². The van der Waals surface area contributed by atoms with Gasteiger partial charge in [0.25, 0.3) is 0 Å². The Morgan fingerprint density at radius 3 is 2.80 bits per heavy atom. The molecule has 0 saturated carbocycles. The van der Waals surface area contributed by atoms with Crippen molar-refractivity contribution in [2.45, 2.75) is 26.3 Å². The Balaban J connectivity index is 2.68. The van der Waals surface area contributed by atoms with Crippen LogP contribution >= 0.6 is 11.6 Å². The van der Waals surface area contributed by atoms with E-state index >= 15 is 0 Å². The summed E-state index contributed by atoms with van der Waals surface area (Å²) in [6, 6.07) is 5.39. The molecule has 0 heterocycles. The van der Waals surface area contributed by atoms with Crippen LogP contribution in [0, 0.1) is 6.92 Å².